The van der Waals surface area contributed by atoms with Crippen LogP contribution in [0, 0.1) is 17.0 Å². The molecule has 1 heterocycles. The number of fused-ring (bicyclic) bond motifs is 1. The maximum atomic E-state index is 12.7. The van der Waals surface area contributed by atoms with Gasteiger partial charge in [-0.2, -0.15) is 0 Å². The molecule has 0 bridgehead atoms. The Bertz CT molecular complexity index is 1250. The molecule has 0 spiro atoms. The molecule has 1 aliphatic heterocycles. The molecule has 0 fully saturated rings. The van der Waals surface area contributed by atoms with E-state index in [0.717, 1.165) is 5.56 Å². The van der Waals surface area contributed by atoms with Crippen molar-refractivity contribution >= 4 is 40.7 Å². The minimum absolute atomic E-state index is 0.0634. The number of carbonyl (C=O) groups is 1. The van der Waals surface area contributed by atoms with Gasteiger partial charge < -0.3 is 9.47 Å². The highest BCUT2D eigenvalue weighted by Crippen LogP contribution is 2.39. The lowest BCUT2D eigenvalue weighted by Gasteiger charge is -2.12. The van der Waals surface area contributed by atoms with Gasteiger partial charge in [0.05, 0.1) is 20.5 Å². The second-order valence-electron chi connectivity index (χ2n) is 6.89. The number of halogens is 2. The summed E-state index contributed by atoms with van der Waals surface area (Å²) in [6, 6.07) is 14.6. The first-order valence-electron chi connectivity index (χ1n) is 9.22. The van der Waals surface area contributed by atoms with Crippen LogP contribution in [0.5, 0.6) is 11.5 Å². The normalized spacial score (nSPS) is 13.8. The molecule has 0 aromatic heterocycles. The van der Waals surface area contributed by atoms with Gasteiger partial charge in [0.1, 0.15) is 18.1 Å². The zero-order chi connectivity index (χ0) is 22.1. The molecule has 4 rings (SSSR count). The first-order valence-corrected chi connectivity index (χ1v) is 9.98. The van der Waals surface area contributed by atoms with E-state index in [0.29, 0.717) is 38.2 Å². The third-order valence-corrected chi connectivity index (χ3v) is 5.53. The fourth-order valence-corrected chi connectivity index (χ4v) is 3.52. The smallest absolute Gasteiger partial charge is 0.270 e. The van der Waals surface area contributed by atoms with Gasteiger partial charge in [0, 0.05) is 17.7 Å². The minimum Gasteiger partial charge on any atom is -0.488 e. The van der Waals surface area contributed by atoms with Crippen LogP contribution in [-0.2, 0) is 6.61 Å². The number of non-ortho nitro benzene ring substituents is 1. The van der Waals surface area contributed by atoms with Gasteiger partial charge in [0.2, 0.25) is 5.78 Å². The molecule has 1 aliphatic rings. The largest absolute Gasteiger partial charge is 0.488 e. The summed E-state index contributed by atoms with van der Waals surface area (Å²) < 4.78 is 11.7. The van der Waals surface area contributed by atoms with E-state index in [1.54, 1.807) is 43.3 Å². The zero-order valence-electron chi connectivity index (χ0n) is 16.2. The van der Waals surface area contributed by atoms with Crippen molar-refractivity contribution in [2.75, 3.05) is 0 Å². The van der Waals surface area contributed by atoms with Crippen molar-refractivity contribution < 1.29 is 19.2 Å². The Morgan fingerprint density at radius 3 is 2.65 bits per heavy atom. The lowest BCUT2D eigenvalue weighted by Crippen LogP contribution is -1.98. The van der Waals surface area contributed by atoms with E-state index < -0.39 is 4.92 Å². The molecule has 0 atom stereocenters. The van der Waals surface area contributed by atoms with E-state index in [9.17, 15) is 14.9 Å². The van der Waals surface area contributed by atoms with E-state index in [2.05, 4.69) is 0 Å². The van der Waals surface area contributed by atoms with Crippen LogP contribution in [0.25, 0.3) is 6.08 Å². The van der Waals surface area contributed by atoms with Crippen molar-refractivity contribution in [3.8, 4) is 11.5 Å². The number of nitro benzene ring substituents is 1. The fraction of sp³-hybridized carbons (Fsp3) is 0.0870. The Morgan fingerprint density at radius 1 is 1.10 bits per heavy atom. The van der Waals surface area contributed by atoms with Crippen LogP contribution in [0.1, 0.15) is 27.0 Å². The summed E-state index contributed by atoms with van der Waals surface area (Å²) in [5.74, 6) is 0.781. The van der Waals surface area contributed by atoms with Crippen molar-refractivity contribution in [1.29, 1.82) is 0 Å². The number of Topliss-reactive ketones (excluding diaryl/α,β-unsaturated/α-hetero) is 1. The maximum absolute atomic E-state index is 12.7. The van der Waals surface area contributed by atoms with E-state index in [1.807, 2.05) is 6.07 Å². The number of hydrogen-bond donors (Lipinski definition) is 0. The number of benzene rings is 3. The molecule has 156 valence electrons. The topological polar surface area (TPSA) is 78.7 Å². The lowest BCUT2D eigenvalue weighted by molar-refractivity contribution is -0.384. The van der Waals surface area contributed by atoms with Gasteiger partial charge in [0.25, 0.3) is 5.69 Å². The summed E-state index contributed by atoms with van der Waals surface area (Å²) in [6.45, 7) is 2.06. The molecule has 0 saturated heterocycles. The van der Waals surface area contributed by atoms with E-state index >= 15 is 0 Å². The summed E-state index contributed by atoms with van der Waals surface area (Å²) in [4.78, 5) is 23.2. The summed E-state index contributed by atoms with van der Waals surface area (Å²) in [5.41, 5.74) is 2.37. The van der Waals surface area contributed by atoms with Crippen LogP contribution in [0.4, 0.5) is 5.69 Å². The fourth-order valence-electron chi connectivity index (χ4n) is 3.19. The second kappa shape index (κ2) is 8.41. The average Bonchev–Trinajstić information content (AvgIpc) is 3.06. The highest BCUT2D eigenvalue weighted by atomic mass is 35.5. The number of allylic oxidation sites excluding steroid dienone is 1. The van der Waals surface area contributed by atoms with Crippen molar-refractivity contribution in [1.82, 2.24) is 0 Å². The Hall–Kier alpha value is -3.35. The van der Waals surface area contributed by atoms with Gasteiger partial charge in [-0.25, -0.2) is 0 Å². The minimum atomic E-state index is -0.490. The van der Waals surface area contributed by atoms with Crippen LogP contribution >= 0.6 is 23.2 Å². The first-order chi connectivity index (χ1) is 14.8. The van der Waals surface area contributed by atoms with Gasteiger partial charge in [-0.1, -0.05) is 41.4 Å². The lowest BCUT2D eigenvalue weighted by atomic mass is 10.1. The van der Waals surface area contributed by atoms with Crippen LogP contribution in [-0.4, -0.2) is 10.7 Å². The number of ketones is 1. The number of hydrogen-bond acceptors (Lipinski definition) is 5. The van der Waals surface area contributed by atoms with Crippen LogP contribution in [0.3, 0.4) is 0 Å². The summed E-state index contributed by atoms with van der Waals surface area (Å²) in [6.07, 6.45) is 1.49. The molecule has 0 saturated carbocycles. The van der Waals surface area contributed by atoms with Gasteiger partial charge in [0.15, 0.2) is 5.76 Å². The van der Waals surface area contributed by atoms with Crippen molar-refractivity contribution in [3.05, 3.63) is 103 Å². The van der Waals surface area contributed by atoms with Crippen molar-refractivity contribution in [2.45, 2.75) is 13.5 Å². The molecular weight excluding hydrogens is 441 g/mol. The van der Waals surface area contributed by atoms with Crippen molar-refractivity contribution in [3.63, 3.8) is 0 Å². The molecule has 31 heavy (non-hydrogen) atoms. The van der Waals surface area contributed by atoms with Gasteiger partial charge >= 0.3 is 0 Å². The zero-order valence-corrected chi connectivity index (χ0v) is 17.7. The molecule has 8 heteroatoms. The number of ether oxygens (including phenoxy) is 2. The van der Waals surface area contributed by atoms with Gasteiger partial charge in [-0.05, 0) is 48.4 Å². The number of carbonyl (C=O) groups excluding carboxylic acids is 1. The number of nitrogens with zero attached hydrogens (tertiary/aromatic N) is 1. The molecule has 0 amide bonds. The Balaban J connectivity index is 1.57. The number of nitro groups is 1. The van der Waals surface area contributed by atoms with Crippen molar-refractivity contribution in [2.24, 2.45) is 0 Å². The quantitative estimate of drug-likeness (QED) is 0.252. The summed E-state index contributed by atoms with van der Waals surface area (Å²) in [7, 11) is 0. The third kappa shape index (κ3) is 4.26. The monoisotopic (exact) mass is 455 g/mol. The predicted molar refractivity (Wildman–Crippen MR) is 118 cm³/mol. The predicted octanol–water partition coefficient (Wildman–Crippen LogP) is 6.41. The van der Waals surface area contributed by atoms with Crippen LogP contribution < -0.4 is 9.47 Å². The first kappa shape index (κ1) is 20.9. The molecule has 0 N–H and O–H groups in total. The number of rotatable bonds is 5. The van der Waals surface area contributed by atoms with E-state index in [1.165, 1.54) is 18.2 Å². The van der Waals surface area contributed by atoms with Crippen LogP contribution in [0.15, 0.2) is 60.4 Å². The second-order valence-corrected chi connectivity index (χ2v) is 7.71. The van der Waals surface area contributed by atoms with Gasteiger partial charge in [-0.15, -0.1) is 0 Å². The molecular formula is C23H15Cl2NO5. The van der Waals surface area contributed by atoms with E-state index in [4.69, 9.17) is 32.7 Å². The molecule has 3 aromatic carbocycles. The highest BCUT2D eigenvalue weighted by Gasteiger charge is 2.30. The van der Waals surface area contributed by atoms with E-state index in [-0.39, 0.29) is 23.8 Å². The SMILES string of the molecule is Cc1c(OCc2ccc(Cl)c(Cl)c2)ccc2c1O/C(=C\c1cccc([N+](=O)[O-])c1)C2=O. The molecule has 3 aromatic rings. The third-order valence-electron chi connectivity index (χ3n) is 4.79. The highest BCUT2D eigenvalue weighted by molar-refractivity contribution is 6.42. The Kier molecular flexibility index (Phi) is 5.67. The van der Waals surface area contributed by atoms with Gasteiger partial charge in [-0.3, -0.25) is 14.9 Å². The summed E-state index contributed by atoms with van der Waals surface area (Å²) in [5, 5.41) is 11.9. The molecule has 6 nitrogen and oxygen atoms in total. The molecule has 0 aliphatic carbocycles. The Morgan fingerprint density at radius 2 is 1.90 bits per heavy atom. The average molecular weight is 456 g/mol. The van der Waals surface area contributed by atoms with Crippen LogP contribution in [0.2, 0.25) is 10.0 Å². The summed E-state index contributed by atoms with van der Waals surface area (Å²) >= 11 is 12.0. The standard InChI is InChI=1S/C23H15Cl2NO5/c1-13-20(30-12-15-5-7-18(24)19(25)10-15)8-6-17-22(27)21(31-23(13)17)11-14-3-2-4-16(9-14)26(28)29/h2-11H,12H2,1H3/b21-11-. The maximum Gasteiger partial charge on any atom is 0.270 e. The molecule has 0 radical (unpaired) electrons. The Labute approximate surface area is 187 Å². The molecule has 0 unspecified atom stereocenters.